The summed E-state index contributed by atoms with van der Waals surface area (Å²) in [4.78, 5) is 20.7. The van der Waals surface area contributed by atoms with Crippen LogP contribution in [0, 0.1) is 10.1 Å². The number of nitro groups is 1. The van der Waals surface area contributed by atoms with Crippen LogP contribution in [-0.2, 0) is 4.79 Å². The van der Waals surface area contributed by atoms with Crippen LogP contribution in [0.1, 0.15) is 6.92 Å². The van der Waals surface area contributed by atoms with Gasteiger partial charge in [0.05, 0.1) is 11.0 Å². The summed E-state index contributed by atoms with van der Waals surface area (Å²) in [6, 6.07) is 5.37. The normalized spacial score (nSPS) is 11.8. The van der Waals surface area contributed by atoms with Gasteiger partial charge in [0, 0.05) is 18.7 Å². The first-order valence-electron chi connectivity index (χ1n) is 5.40. The van der Waals surface area contributed by atoms with Gasteiger partial charge in [-0.05, 0) is 19.1 Å². The Morgan fingerprint density at radius 2 is 2.11 bits per heavy atom. The van der Waals surface area contributed by atoms with Crippen LogP contribution in [0.25, 0.3) is 0 Å². The number of benzene rings is 1. The average molecular weight is 253 g/mol. The van der Waals surface area contributed by atoms with Gasteiger partial charge < -0.3 is 15.8 Å². The number of primary amides is 1. The molecular weight excluding hydrogens is 238 g/mol. The lowest BCUT2D eigenvalue weighted by atomic mass is 10.3. The lowest BCUT2D eigenvalue weighted by Gasteiger charge is -2.10. The van der Waals surface area contributed by atoms with Crippen molar-refractivity contribution in [3.8, 4) is 5.75 Å². The third-order valence-electron chi connectivity index (χ3n) is 2.30. The van der Waals surface area contributed by atoms with Crippen molar-refractivity contribution in [3.63, 3.8) is 0 Å². The molecule has 0 radical (unpaired) electrons. The van der Waals surface area contributed by atoms with Gasteiger partial charge in [-0.25, -0.2) is 0 Å². The van der Waals surface area contributed by atoms with Gasteiger partial charge in [-0.1, -0.05) is 0 Å². The summed E-state index contributed by atoms with van der Waals surface area (Å²) in [7, 11) is 0. The predicted octanol–water partition coefficient (Wildman–Crippen LogP) is 0.437. The highest BCUT2D eigenvalue weighted by atomic mass is 16.6. The number of carbonyl (C=O) groups excluding carboxylic acids is 1. The van der Waals surface area contributed by atoms with Gasteiger partial charge in [-0.3, -0.25) is 14.9 Å². The van der Waals surface area contributed by atoms with Gasteiger partial charge in [0.2, 0.25) is 5.91 Å². The van der Waals surface area contributed by atoms with E-state index in [1.54, 1.807) is 6.92 Å². The third-order valence-corrected chi connectivity index (χ3v) is 2.30. The maximum atomic E-state index is 10.7. The summed E-state index contributed by atoms with van der Waals surface area (Å²) in [5.74, 6) is 0.111. The van der Waals surface area contributed by atoms with Crippen LogP contribution < -0.4 is 15.8 Å². The second-order valence-electron chi connectivity index (χ2n) is 3.68. The van der Waals surface area contributed by atoms with E-state index in [4.69, 9.17) is 10.5 Å². The molecule has 0 aliphatic heterocycles. The fourth-order valence-corrected chi connectivity index (χ4v) is 1.21. The highest BCUT2D eigenvalue weighted by Crippen LogP contribution is 2.16. The number of hydrogen-bond acceptors (Lipinski definition) is 5. The molecule has 0 spiro atoms. The first kappa shape index (κ1) is 13.9. The molecule has 0 bridgehead atoms. The Labute approximate surface area is 104 Å². The van der Waals surface area contributed by atoms with E-state index in [1.165, 1.54) is 24.3 Å². The summed E-state index contributed by atoms with van der Waals surface area (Å²) in [5.41, 5.74) is 5.08. The monoisotopic (exact) mass is 253 g/mol. The van der Waals surface area contributed by atoms with Gasteiger partial charge in [0.25, 0.3) is 5.69 Å². The molecule has 0 fully saturated rings. The molecule has 18 heavy (non-hydrogen) atoms. The van der Waals surface area contributed by atoms with Crippen molar-refractivity contribution in [1.29, 1.82) is 0 Å². The first-order valence-corrected chi connectivity index (χ1v) is 5.40. The molecule has 3 N–H and O–H groups in total. The number of amides is 1. The van der Waals surface area contributed by atoms with Gasteiger partial charge >= 0.3 is 0 Å². The molecule has 7 heteroatoms. The van der Waals surface area contributed by atoms with Crippen LogP contribution in [0.5, 0.6) is 5.75 Å². The van der Waals surface area contributed by atoms with Crippen molar-refractivity contribution in [1.82, 2.24) is 5.32 Å². The maximum absolute atomic E-state index is 10.7. The quantitative estimate of drug-likeness (QED) is 0.416. The van der Waals surface area contributed by atoms with E-state index in [9.17, 15) is 14.9 Å². The lowest BCUT2D eigenvalue weighted by molar-refractivity contribution is -0.384. The number of nitrogens with zero attached hydrogens (tertiary/aromatic N) is 1. The Morgan fingerprint density at radius 1 is 1.50 bits per heavy atom. The van der Waals surface area contributed by atoms with Crippen LogP contribution in [0.3, 0.4) is 0 Å². The molecule has 0 heterocycles. The summed E-state index contributed by atoms with van der Waals surface area (Å²) in [6.07, 6.45) is 0. The van der Waals surface area contributed by atoms with E-state index in [2.05, 4.69) is 5.32 Å². The van der Waals surface area contributed by atoms with Crippen LogP contribution in [0.4, 0.5) is 5.69 Å². The molecule has 0 aromatic heterocycles. The number of ether oxygens (including phenoxy) is 1. The number of nitrogens with two attached hydrogens (primary N) is 1. The van der Waals surface area contributed by atoms with Crippen LogP contribution in [-0.4, -0.2) is 30.0 Å². The second-order valence-corrected chi connectivity index (χ2v) is 3.68. The molecular formula is C11H15N3O4. The largest absolute Gasteiger partial charge is 0.492 e. The van der Waals surface area contributed by atoms with Gasteiger partial charge in [0.1, 0.15) is 12.4 Å². The van der Waals surface area contributed by atoms with Crippen molar-refractivity contribution in [2.75, 3.05) is 13.2 Å². The minimum Gasteiger partial charge on any atom is -0.492 e. The molecule has 1 aromatic rings. The topological polar surface area (TPSA) is 107 Å². The minimum absolute atomic E-state index is 0.0165. The molecule has 0 aliphatic carbocycles. The zero-order chi connectivity index (χ0) is 13.5. The minimum atomic E-state index is -0.472. The van der Waals surface area contributed by atoms with E-state index >= 15 is 0 Å². The zero-order valence-corrected chi connectivity index (χ0v) is 9.96. The lowest BCUT2D eigenvalue weighted by Crippen LogP contribution is -2.40. The SMILES string of the molecule is CC(NCCOc1ccc([N+](=O)[O-])cc1)C(N)=O. The summed E-state index contributed by atoms with van der Waals surface area (Å²) in [5, 5.41) is 13.3. The number of nitrogens with one attached hydrogen (secondary N) is 1. The zero-order valence-electron chi connectivity index (χ0n) is 9.96. The van der Waals surface area contributed by atoms with Crippen molar-refractivity contribution in [2.45, 2.75) is 13.0 Å². The molecule has 1 unspecified atom stereocenters. The van der Waals surface area contributed by atoms with Gasteiger partial charge in [-0.2, -0.15) is 0 Å². The number of non-ortho nitro benzene ring substituents is 1. The predicted molar refractivity (Wildman–Crippen MR) is 65.3 cm³/mol. The number of nitro benzene ring substituents is 1. The number of carbonyl (C=O) groups is 1. The summed E-state index contributed by atoms with van der Waals surface area (Å²) >= 11 is 0. The van der Waals surface area contributed by atoms with Crippen LogP contribution >= 0.6 is 0 Å². The Balaban J connectivity index is 2.31. The Morgan fingerprint density at radius 3 is 2.61 bits per heavy atom. The Bertz CT molecular complexity index is 419. The van der Waals surface area contributed by atoms with E-state index in [0.29, 0.717) is 18.9 Å². The molecule has 98 valence electrons. The fourth-order valence-electron chi connectivity index (χ4n) is 1.21. The molecule has 1 aromatic carbocycles. The molecule has 1 rings (SSSR count). The van der Waals surface area contributed by atoms with Crippen LogP contribution in [0.2, 0.25) is 0 Å². The highest BCUT2D eigenvalue weighted by molar-refractivity contribution is 5.79. The van der Waals surface area contributed by atoms with E-state index in [-0.39, 0.29) is 5.69 Å². The molecule has 0 saturated carbocycles. The molecule has 7 nitrogen and oxygen atoms in total. The second kappa shape index (κ2) is 6.55. The van der Waals surface area contributed by atoms with Crippen molar-refractivity contribution < 1.29 is 14.5 Å². The summed E-state index contributed by atoms with van der Waals surface area (Å²) < 4.78 is 5.33. The van der Waals surface area contributed by atoms with Crippen molar-refractivity contribution in [3.05, 3.63) is 34.4 Å². The molecule has 0 saturated heterocycles. The van der Waals surface area contributed by atoms with Crippen LogP contribution in [0.15, 0.2) is 24.3 Å². The molecule has 1 atom stereocenters. The number of rotatable bonds is 7. The smallest absolute Gasteiger partial charge is 0.269 e. The highest BCUT2D eigenvalue weighted by Gasteiger charge is 2.07. The Hall–Kier alpha value is -2.15. The van der Waals surface area contributed by atoms with Crippen molar-refractivity contribution >= 4 is 11.6 Å². The van der Waals surface area contributed by atoms with Gasteiger partial charge in [-0.15, -0.1) is 0 Å². The fraction of sp³-hybridized carbons (Fsp3) is 0.364. The average Bonchev–Trinajstić information content (AvgIpc) is 2.34. The maximum Gasteiger partial charge on any atom is 0.269 e. The van der Waals surface area contributed by atoms with Gasteiger partial charge in [0.15, 0.2) is 0 Å². The first-order chi connectivity index (χ1) is 8.50. The summed E-state index contributed by atoms with van der Waals surface area (Å²) in [6.45, 7) is 2.46. The van der Waals surface area contributed by atoms with E-state index < -0.39 is 16.9 Å². The Kier molecular flexibility index (Phi) is 5.06. The van der Waals surface area contributed by atoms with E-state index in [0.717, 1.165) is 0 Å². The third kappa shape index (κ3) is 4.38. The standard InChI is InChI=1S/C11H15N3O4/c1-8(11(12)15)13-6-7-18-10-4-2-9(3-5-10)14(16)17/h2-5,8,13H,6-7H2,1H3,(H2,12,15). The van der Waals surface area contributed by atoms with Crippen molar-refractivity contribution in [2.24, 2.45) is 5.73 Å². The molecule has 1 amide bonds. The number of hydrogen-bond donors (Lipinski definition) is 2. The molecule has 0 aliphatic rings. The van der Waals surface area contributed by atoms with E-state index in [1.807, 2.05) is 0 Å².